The molecule has 3 heteroatoms. The summed E-state index contributed by atoms with van der Waals surface area (Å²) in [5, 5.41) is 0. The van der Waals surface area contributed by atoms with Gasteiger partial charge in [-0.15, -0.1) is 0 Å². The van der Waals surface area contributed by atoms with Gasteiger partial charge in [-0.2, -0.15) is 0 Å². The first-order valence-electron chi connectivity index (χ1n) is 1.97. The first kappa shape index (κ1) is 11.2. The van der Waals surface area contributed by atoms with Gasteiger partial charge >= 0.3 is 0 Å². The fourth-order valence-electron chi connectivity index (χ4n) is 0.278. The zero-order valence-electron chi connectivity index (χ0n) is 4.81. The minimum absolute atomic E-state index is 0. The number of carbonyl (C=O) groups excluding carboxylic acids is 2. The zero-order chi connectivity index (χ0) is 5.86. The van der Waals surface area contributed by atoms with E-state index in [-0.39, 0.29) is 50.7 Å². The van der Waals surface area contributed by atoms with E-state index in [1.165, 1.54) is 6.92 Å². The molecule has 0 amide bonds. The Hall–Kier alpha value is 0.314. The molecule has 0 bridgehead atoms. The van der Waals surface area contributed by atoms with Crippen LogP contribution in [0.25, 0.3) is 0 Å². The fourth-order valence-corrected chi connectivity index (χ4v) is 0.278. The number of hydrogen-bond acceptors (Lipinski definition) is 2. The summed E-state index contributed by atoms with van der Waals surface area (Å²) in [6.45, 7) is 4.38. The molecule has 0 unspecified atom stereocenters. The molecule has 43 valence electrons. The first-order chi connectivity index (χ1) is 3.13. The third-order valence-corrected chi connectivity index (χ3v) is 0.446. The Kier molecular flexibility index (Phi) is 7.60. The quantitative estimate of drug-likeness (QED) is 0.463. The van der Waals surface area contributed by atoms with E-state index in [1.54, 1.807) is 0 Å². The van der Waals surface area contributed by atoms with Crippen molar-refractivity contribution in [3.05, 3.63) is 6.92 Å². The molecule has 0 aromatic rings. The average Bonchev–Trinajstić information content (AvgIpc) is 1.27. The summed E-state index contributed by atoms with van der Waals surface area (Å²) in [5.74, 6) is -0.437. The second-order valence-electron chi connectivity index (χ2n) is 1.42. The van der Waals surface area contributed by atoms with Crippen molar-refractivity contribution in [2.75, 3.05) is 0 Å². The van der Waals surface area contributed by atoms with Crippen LogP contribution in [0.5, 0.6) is 0 Å². The second-order valence-corrected chi connectivity index (χ2v) is 1.42. The Labute approximate surface area is 73.9 Å². The SMILES string of the molecule is [CH2-]C(=O)CC(C)=O.[Y]. The Morgan fingerprint density at radius 2 is 1.88 bits per heavy atom. The predicted molar refractivity (Wildman–Crippen MR) is 25.7 cm³/mol. The van der Waals surface area contributed by atoms with Crippen molar-refractivity contribution in [1.82, 2.24) is 0 Å². The molecule has 0 atom stereocenters. The minimum Gasteiger partial charge on any atom is -0.339 e. The predicted octanol–water partition coefficient (Wildman–Crippen LogP) is 0.366. The van der Waals surface area contributed by atoms with Crippen LogP contribution < -0.4 is 0 Å². The van der Waals surface area contributed by atoms with Gasteiger partial charge in [0.15, 0.2) is 0 Å². The molecule has 0 heterocycles. The van der Waals surface area contributed by atoms with E-state index in [0.29, 0.717) is 0 Å². The van der Waals surface area contributed by atoms with Crippen molar-refractivity contribution in [2.24, 2.45) is 0 Å². The minimum atomic E-state index is -0.312. The van der Waals surface area contributed by atoms with E-state index < -0.39 is 0 Å². The van der Waals surface area contributed by atoms with Crippen LogP contribution in [0.2, 0.25) is 0 Å². The standard InChI is InChI=1S/C5H7O2.Y/c1-4(6)3-5(2)7;/h1,3H2,2H3;/q-1;. The maximum absolute atomic E-state index is 9.99. The van der Waals surface area contributed by atoms with Crippen LogP contribution in [-0.2, 0) is 42.3 Å². The molecule has 0 rings (SSSR count). The van der Waals surface area contributed by atoms with E-state index in [1.807, 2.05) is 0 Å². The number of rotatable bonds is 2. The van der Waals surface area contributed by atoms with Crippen LogP contribution in [0.3, 0.4) is 0 Å². The van der Waals surface area contributed by atoms with Gasteiger partial charge in [0.25, 0.3) is 0 Å². The monoisotopic (exact) mass is 188 g/mol. The summed E-state index contributed by atoms with van der Waals surface area (Å²) < 4.78 is 0. The molecule has 0 saturated heterocycles. The molecule has 0 aliphatic heterocycles. The molecule has 0 aromatic heterocycles. The third kappa shape index (κ3) is 9.58. The molecule has 0 fully saturated rings. The molecule has 0 N–H and O–H groups in total. The van der Waals surface area contributed by atoms with Crippen molar-refractivity contribution in [2.45, 2.75) is 13.3 Å². The molecule has 1 radical (unpaired) electrons. The van der Waals surface area contributed by atoms with Crippen molar-refractivity contribution < 1.29 is 42.3 Å². The molecule has 0 aliphatic carbocycles. The summed E-state index contributed by atoms with van der Waals surface area (Å²) in [7, 11) is 0. The van der Waals surface area contributed by atoms with E-state index in [4.69, 9.17) is 0 Å². The van der Waals surface area contributed by atoms with Crippen molar-refractivity contribution in [3.63, 3.8) is 0 Å². The van der Waals surface area contributed by atoms with E-state index in [0.717, 1.165) is 0 Å². The summed E-state index contributed by atoms with van der Waals surface area (Å²) in [4.78, 5) is 19.9. The van der Waals surface area contributed by atoms with E-state index in [9.17, 15) is 9.59 Å². The van der Waals surface area contributed by atoms with Crippen molar-refractivity contribution >= 4 is 11.6 Å². The Morgan fingerprint density at radius 3 is 1.88 bits per heavy atom. The largest absolute Gasteiger partial charge is 0.339 e. The smallest absolute Gasteiger partial charge is 0.134 e. The topological polar surface area (TPSA) is 34.1 Å². The van der Waals surface area contributed by atoms with E-state index in [2.05, 4.69) is 6.92 Å². The summed E-state index contributed by atoms with van der Waals surface area (Å²) in [6.07, 6.45) is -0.0278. The van der Waals surface area contributed by atoms with Gasteiger partial charge < -0.3 is 11.7 Å². The molecular weight excluding hydrogens is 181 g/mol. The normalized spacial score (nSPS) is 7.12. The summed E-state index contributed by atoms with van der Waals surface area (Å²) in [6, 6.07) is 0. The number of hydrogen-bond donors (Lipinski definition) is 0. The second kappa shape index (κ2) is 5.45. The van der Waals surface area contributed by atoms with Crippen LogP contribution in [0.4, 0.5) is 0 Å². The summed E-state index contributed by atoms with van der Waals surface area (Å²) in [5.41, 5.74) is 0. The van der Waals surface area contributed by atoms with Crippen molar-refractivity contribution in [3.8, 4) is 0 Å². The zero-order valence-corrected chi connectivity index (χ0v) is 7.65. The van der Waals surface area contributed by atoms with Crippen LogP contribution in [0, 0.1) is 6.92 Å². The third-order valence-electron chi connectivity index (χ3n) is 0.446. The molecule has 0 saturated carbocycles. The number of Topliss-reactive ketones (excluding diaryl/α,β-unsaturated/α-hetero) is 2. The van der Waals surface area contributed by atoms with Gasteiger partial charge in [-0.25, -0.2) is 0 Å². The van der Waals surface area contributed by atoms with Crippen molar-refractivity contribution in [1.29, 1.82) is 0 Å². The van der Waals surface area contributed by atoms with Crippen LogP contribution >= 0.6 is 0 Å². The van der Waals surface area contributed by atoms with Crippen LogP contribution in [-0.4, -0.2) is 11.6 Å². The Morgan fingerprint density at radius 1 is 1.50 bits per heavy atom. The maximum atomic E-state index is 9.99. The fraction of sp³-hybridized carbons (Fsp3) is 0.400. The van der Waals surface area contributed by atoms with Gasteiger partial charge in [0.05, 0.1) is 0 Å². The first-order valence-corrected chi connectivity index (χ1v) is 1.97. The van der Waals surface area contributed by atoms with Crippen LogP contribution in [0.1, 0.15) is 13.3 Å². The average molecular weight is 188 g/mol. The van der Waals surface area contributed by atoms with E-state index >= 15 is 0 Å². The number of ketones is 2. The summed E-state index contributed by atoms with van der Waals surface area (Å²) >= 11 is 0. The van der Waals surface area contributed by atoms with Gasteiger partial charge in [0, 0.05) is 44.9 Å². The maximum Gasteiger partial charge on any atom is 0.134 e. The molecule has 8 heavy (non-hydrogen) atoms. The van der Waals surface area contributed by atoms with Crippen LogP contribution in [0.15, 0.2) is 0 Å². The van der Waals surface area contributed by atoms with Gasteiger partial charge in [0.2, 0.25) is 0 Å². The molecule has 0 spiro atoms. The van der Waals surface area contributed by atoms with Gasteiger partial charge in [-0.05, 0) is 6.92 Å². The molecule has 2 nitrogen and oxygen atoms in total. The Balaban J connectivity index is 0. The van der Waals surface area contributed by atoms with Gasteiger partial charge in [-0.1, -0.05) is 0 Å². The Bertz CT molecular complexity index is 86.6. The molecule has 0 aliphatic rings. The van der Waals surface area contributed by atoms with Gasteiger partial charge in [-0.3, -0.25) is 4.79 Å². The molecule has 0 aromatic carbocycles. The van der Waals surface area contributed by atoms with Gasteiger partial charge in [0.1, 0.15) is 5.78 Å². The number of carbonyl (C=O) groups is 2. The molecular formula is C5H7O2Y-.